The molecule has 3 unspecified atom stereocenters. The van der Waals surface area contributed by atoms with Gasteiger partial charge >= 0.3 is 0 Å². The maximum Gasteiger partial charge on any atom is 0.0270 e. The summed E-state index contributed by atoms with van der Waals surface area (Å²) in [7, 11) is 2.30. The number of nitrogens with one attached hydrogen (secondary N) is 1. The average molecular weight is 289 g/mol. The SMILES string of the molecule is CCNC1CCC(CC)CC1N(C)CCc1ccncc1. The normalized spacial score (nSPS) is 26.2. The maximum atomic E-state index is 4.10. The molecular formula is C18H31N3. The van der Waals surface area contributed by atoms with E-state index in [0.717, 1.165) is 25.4 Å². The van der Waals surface area contributed by atoms with Gasteiger partial charge in [0, 0.05) is 31.0 Å². The largest absolute Gasteiger partial charge is 0.313 e. The molecule has 118 valence electrons. The van der Waals surface area contributed by atoms with E-state index in [9.17, 15) is 0 Å². The highest BCUT2D eigenvalue weighted by Gasteiger charge is 2.31. The van der Waals surface area contributed by atoms with Gasteiger partial charge in [0.15, 0.2) is 0 Å². The van der Waals surface area contributed by atoms with Crippen molar-refractivity contribution in [3.05, 3.63) is 30.1 Å². The lowest BCUT2D eigenvalue weighted by Gasteiger charge is -2.41. The maximum absolute atomic E-state index is 4.10. The molecule has 1 aliphatic carbocycles. The molecule has 0 aliphatic heterocycles. The first-order chi connectivity index (χ1) is 10.2. The molecule has 0 amide bonds. The third-order valence-electron chi connectivity index (χ3n) is 5.04. The fourth-order valence-electron chi connectivity index (χ4n) is 3.61. The number of pyridine rings is 1. The third kappa shape index (κ3) is 4.79. The van der Waals surface area contributed by atoms with Gasteiger partial charge in [0.1, 0.15) is 0 Å². The van der Waals surface area contributed by atoms with Gasteiger partial charge in [-0.15, -0.1) is 0 Å². The Balaban J connectivity index is 1.91. The Bertz CT molecular complexity index is 393. The van der Waals surface area contributed by atoms with E-state index in [4.69, 9.17) is 0 Å². The zero-order valence-electron chi connectivity index (χ0n) is 13.9. The van der Waals surface area contributed by atoms with Crippen LogP contribution in [0.5, 0.6) is 0 Å². The first kappa shape index (κ1) is 16.4. The predicted molar refractivity (Wildman–Crippen MR) is 89.5 cm³/mol. The van der Waals surface area contributed by atoms with Gasteiger partial charge in [0.25, 0.3) is 0 Å². The average Bonchev–Trinajstić information content (AvgIpc) is 2.54. The van der Waals surface area contributed by atoms with E-state index in [1.54, 1.807) is 0 Å². The molecule has 0 spiro atoms. The van der Waals surface area contributed by atoms with Crippen molar-refractivity contribution >= 4 is 0 Å². The summed E-state index contributed by atoms with van der Waals surface area (Å²) in [4.78, 5) is 6.68. The highest BCUT2D eigenvalue weighted by atomic mass is 15.2. The lowest BCUT2D eigenvalue weighted by molar-refractivity contribution is 0.119. The molecule has 3 atom stereocenters. The van der Waals surface area contributed by atoms with E-state index in [1.165, 1.54) is 31.2 Å². The molecule has 0 bridgehead atoms. The van der Waals surface area contributed by atoms with Gasteiger partial charge in [0.2, 0.25) is 0 Å². The Labute approximate surface area is 130 Å². The molecule has 0 aromatic carbocycles. The standard InChI is InChI=1S/C18H31N3/c1-4-15-6-7-17(20-5-2)18(14-15)21(3)13-10-16-8-11-19-12-9-16/h8-9,11-12,15,17-18,20H,4-7,10,13-14H2,1-3H3. The number of nitrogens with zero attached hydrogens (tertiary/aromatic N) is 2. The van der Waals surface area contributed by atoms with Crippen molar-refractivity contribution in [1.29, 1.82) is 0 Å². The van der Waals surface area contributed by atoms with Crippen molar-refractivity contribution in [2.45, 2.75) is 58.0 Å². The molecule has 3 nitrogen and oxygen atoms in total. The molecule has 1 aromatic heterocycles. The van der Waals surface area contributed by atoms with Gasteiger partial charge in [-0.05, 0) is 62.9 Å². The zero-order valence-corrected chi connectivity index (χ0v) is 13.9. The second-order valence-corrected chi connectivity index (χ2v) is 6.40. The second-order valence-electron chi connectivity index (χ2n) is 6.40. The number of rotatable bonds is 7. The molecule has 21 heavy (non-hydrogen) atoms. The Morgan fingerprint density at radius 3 is 2.67 bits per heavy atom. The number of likely N-dealkylation sites (N-methyl/N-ethyl adjacent to an activating group) is 2. The molecule has 1 aliphatic rings. The summed E-state index contributed by atoms with van der Waals surface area (Å²) in [6.45, 7) is 6.77. The quantitative estimate of drug-likeness (QED) is 0.836. The summed E-state index contributed by atoms with van der Waals surface area (Å²) in [5, 5.41) is 3.71. The Hall–Kier alpha value is -0.930. The Morgan fingerprint density at radius 1 is 1.24 bits per heavy atom. The molecule has 2 rings (SSSR count). The van der Waals surface area contributed by atoms with Gasteiger partial charge in [-0.3, -0.25) is 4.98 Å². The van der Waals surface area contributed by atoms with E-state index in [0.29, 0.717) is 12.1 Å². The van der Waals surface area contributed by atoms with Crippen LogP contribution in [0.2, 0.25) is 0 Å². The predicted octanol–water partition coefficient (Wildman–Crippen LogP) is 3.11. The van der Waals surface area contributed by atoms with Crippen molar-refractivity contribution in [2.24, 2.45) is 5.92 Å². The summed E-state index contributed by atoms with van der Waals surface area (Å²) in [5.41, 5.74) is 1.39. The van der Waals surface area contributed by atoms with Crippen molar-refractivity contribution in [2.75, 3.05) is 20.1 Å². The summed E-state index contributed by atoms with van der Waals surface area (Å²) in [6.07, 6.45) is 10.3. The molecule has 1 fully saturated rings. The van der Waals surface area contributed by atoms with Crippen LogP contribution in [0, 0.1) is 5.92 Å². The lowest BCUT2D eigenvalue weighted by atomic mass is 9.80. The van der Waals surface area contributed by atoms with Crippen LogP contribution in [0.1, 0.15) is 45.1 Å². The summed E-state index contributed by atoms with van der Waals surface area (Å²) >= 11 is 0. The molecule has 1 saturated carbocycles. The summed E-state index contributed by atoms with van der Waals surface area (Å²) < 4.78 is 0. The lowest BCUT2D eigenvalue weighted by Crippen LogP contribution is -2.52. The Kier molecular flexibility index (Phi) is 6.65. The molecule has 1 aromatic rings. The van der Waals surface area contributed by atoms with Crippen molar-refractivity contribution in [3.8, 4) is 0 Å². The zero-order chi connectivity index (χ0) is 15.1. The number of hydrogen-bond donors (Lipinski definition) is 1. The highest BCUT2D eigenvalue weighted by molar-refractivity contribution is 5.10. The summed E-state index contributed by atoms with van der Waals surface area (Å²) in [6, 6.07) is 5.61. The fraction of sp³-hybridized carbons (Fsp3) is 0.722. The van der Waals surface area contributed by atoms with E-state index < -0.39 is 0 Å². The first-order valence-electron chi connectivity index (χ1n) is 8.57. The van der Waals surface area contributed by atoms with Gasteiger partial charge in [-0.1, -0.05) is 20.3 Å². The highest BCUT2D eigenvalue weighted by Crippen LogP contribution is 2.29. The van der Waals surface area contributed by atoms with Gasteiger partial charge in [-0.2, -0.15) is 0 Å². The van der Waals surface area contributed by atoms with Crippen LogP contribution < -0.4 is 5.32 Å². The molecule has 0 saturated heterocycles. The van der Waals surface area contributed by atoms with Gasteiger partial charge in [0.05, 0.1) is 0 Å². The third-order valence-corrected chi connectivity index (χ3v) is 5.04. The first-order valence-corrected chi connectivity index (χ1v) is 8.57. The monoisotopic (exact) mass is 289 g/mol. The van der Waals surface area contributed by atoms with E-state index in [2.05, 4.69) is 48.2 Å². The number of aromatic nitrogens is 1. The topological polar surface area (TPSA) is 28.2 Å². The van der Waals surface area contributed by atoms with Crippen LogP contribution in [0.3, 0.4) is 0 Å². The molecule has 1 heterocycles. The van der Waals surface area contributed by atoms with Crippen molar-refractivity contribution in [3.63, 3.8) is 0 Å². The van der Waals surface area contributed by atoms with Crippen LogP contribution in [0.25, 0.3) is 0 Å². The molecule has 1 N–H and O–H groups in total. The van der Waals surface area contributed by atoms with E-state index >= 15 is 0 Å². The van der Waals surface area contributed by atoms with Crippen LogP contribution in [-0.2, 0) is 6.42 Å². The number of hydrogen-bond acceptors (Lipinski definition) is 3. The van der Waals surface area contributed by atoms with Gasteiger partial charge in [-0.25, -0.2) is 0 Å². The smallest absolute Gasteiger partial charge is 0.0270 e. The molecular weight excluding hydrogens is 258 g/mol. The van der Waals surface area contributed by atoms with E-state index in [1.807, 2.05) is 12.4 Å². The Morgan fingerprint density at radius 2 is 2.00 bits per heavy atom. The van der Waals surface area contributed by atoms with Crippen LogP contribution in [0.4, 0.5) is 0 Å². The fourth-order valence-corrected chi connectivity index (χ4v) is 3.61. The van der Waals surface area contributed by atoms with Gasteiger partial charge < -0.3 is 10.2 Å². The minimum absolute atomic E-state index is 0.667. The summed E-state index contributed by atoms with van der Waals surface area (Å²) in [5.74, 6) is 0.910. The molecule has 0 radical (unpaired) electrons. The minimum Gasteiger partial charge on any atom is -0.313 e. The van der Waals surface area contributed by atoms with E-state index in [-0.39, 0.29) is 0 Å². The van der Waals surface area contributed by atoms with Crippen LogP contribution in [0.15, 0.2) is 24.5 Å². The van der Waals surface area contributed by atoms with Crippen LogP contribution >= 0.6 is 0 Å². The van der Waals surface area contributed by atoms with Crippen LogP contribution in [-0.4, -0.2) is 42.1 Å². The van der Waals surface area contributed by atoms with Crippen molar-refractivity contribution < 1.29 is 0 Å². The second kappa shape index (κ2) is 8.50. The minimum atomic E-state index is 0.667. The van der Waals surface area contributed by atoms with Crippen molar-refractivity contribution in [1.82, 2.24) is 15.2 Å². The molecule has 3 heteroatoms.